The Hall–Kier alpha value is -3.37. The number of nitro benzene ring substituents is 1. The molecule has 1 aromatic heterocycles. The van der Waals surface area contributed by atoms with Crippen molar-refractivity contribution in [2.24, 2.45) is 0 Å². The molecule has 0 aliphatic carbocycles. The van der Waals surface area contributed by atoms with Crippen LogP contribution >= 0.6 is 11.3 Å². The lowest BCUT2D eigenvalue weighted by Gasteiger charge is -2.35. The molecule has 160 valence electrons. The molecule has 10 heteroatoms. The lowest BCUT2D eigenvalue weighted by atomic mass is 10.2. The van der Waals surface area contributed by atoms with E-state index < -0.39 is 4.92 Å². The van der Waals surface area contributed by atoms with Gasteiger partial charge in [0.05, 0.1) is 11.5 Å². The Labute approximate surface area is 183 Å². The zero-order valence-electron chi connectivity index (χ0n) is 16.8. The number of anilines is 2. The molecular formula is C21H22N6O3S. The molecule has 1 amide bonds. The standard InChI is InChI=1S/C21H22N6O3S/c28-19(22-21-24-23-20(31-21)14-16-4-2-1-3-5-16)15-25-10-12-26(13-11-25)17-6-8-18(9-7-17)27(29)30/h1-9H,10-15H2,(H,22,24,28). The zero-order valence-corrected chi connectivity index (χ0v) is 17.6. The summed E-state index contributed by atoms with van der Waals surface area (Å²) in [4.78, 5) is 27.1. The van der Waals surface area contributed by atoms with Gasteiger partial charge >= 0.3 is 0 Å². The highest BCUT2D eigenvalue weighted by Gasteiger charge is 2.20. The average Bonchev–Trinajstić information content (AvgIpc) is 3.21. The summed E-state index contributed by atoms with van der Waals surface area (Å²) in [5, 5.41) is 23.2. The van der Waals surface area contributed by atoms with Crippen LogP contribution in [0.4, 0.5) is 16.5 Å². The van der Waals surface area contributed by atoms with E-state index in [1.807, 2.05) is 30.3 Å². The van der Waals surface area contributed by atoms with Gasteiger partial charge in [-0.05, 0) is 17.7 Å². The second-order valence-corrected chi connectivity index (χ2v) is 8.31. The molecule has 2 heterocycles. The number of benzene rings is 2. The number of hydrogen-bond donors (Lipinski definition) is 1. The monoisotopic (exact) mass is 438 g/mol. The van der Waals surface area contributed by atoms with Crippen molar-refractivity contribution in [1.29, 1.82) is 0 Å². The van der Waals surface area contributed by atoms with Crippen LogP contribution < -0.4 is 10.2 Å². The van der Waals surface area contributed by atoms with E-state index in [0.29, 0.717) is 18.1 Å². The van der Waals surface area contributed by atoms with E-state index in [1.165, 1.54) is 23.5 Å². The smallest absolute Gasteiger partial charge is 0.269 e. The van der Waals surface area contributed by atoms with Crippen LogP contribution in [-0.4, -0.2) is 58.7 Å². The van der Waals surface area contributed by atoms with E-state index in [0.717, 1.165) is 42.4 Å². The molecule has 0 atom stereocenters. The van der Waals surface area contributed by atoms with Crippen LogP contribution in [0.1, 0.15) is 10.6 Å². The summed E-state index contributed by atoms with van der Waals surface area (Å²) in [6, 6.07) is 16.6. The highest BCUT2D eigenvalue weighted by Crippen LogP contribution is 2.21. The number of piperazine rings is 1. The van der Waals surface area contributed by atoms with Crippen LogP contribution in [0.2, 0.25) is 0 Å². The van der Waals surface area contributed by atoms with E-state index in [2.05, 4.69) is 25.3 Å². The van der Waals surface area contributed by atoms with Crippen LogP contribution in [0.5, 0.6) is 0 Å². The van der Waals surface area contributed by atoms with Gasteiger partial charge in [-0.2, -0.15) is 0 Å². The SMILES string of the molecule is O=C(CN1CCN(c2ccc([N+](=O)[O-])cc2)CC1)Nc1nnc(Cc2ccccc2)s1. The minimum absolute atomic E-state index is 0.0858. The lowest BCUT2D eigenvalue weighted by Crippen LogP contribution is -2.48. The fourth-order valence-electron chi connectivity index (χ4n) is 3.46. The first-order valence-electron chi connectivity index (χ1n) is 9.95. The number of rotatable bonds is 7. The van der Waals surface area contributed by atoms with Gasteiger partial charge in [0.2, 0.25) is 11.0 Å². The molecule has 4 rings (SSSR count). The Kier molecular flexibility index (Phi) is 6.48. The Morgan fingerprint density at radius 3 is 2.42 bits per heavy atom. The van der Waals surface area contributed by atoms with Crippen molar-refractivity contribution in [1.82, 2.24) is 15.1 Å². The number of nitrogens with zero attached hydrogens (tertiary/aromatic N) is 5. The third-order valence-electron chi connectivity index (χ3n) is 5.08. The molecule has 1 aliphatic rings. The number of nitro groups is 1. The Bertz CT molecular complexity index is 1030. The molecule has 1 saturated heterocycles. The summed E-state index contributed by atoms with van der Waals surface area (Å²) in [6.45, 7) is 3.28. The molecule has 0 saturated carbocycles. The summed E-state index contributed by atoms with van der Waals surface area (Å²) < 4.78 is 0. The first-order chi connectivity index (χ1) is 15.1. The molecule has 1 aliphatic heterocycles. The molecule has 0 bridgehead atoms. The van der Waals surface area contributed by atoms with Crippen molar-refractivity contribution in [2.75, 3.05) is 42.9 Å². The van der Waals surface area contributed by atoms with Gasteiger partial charge in [0.15, 0.2) is 0 Å². The number of nitrogens with one attached hydrogen (secondary N) is 1. The molecule has 0 unspecified atom stereocenters. The molecule has 0 radical (unpaired) electrons. The summed E-state index contributed by atoms with van der Waals surface area (Å²) >= 11 is 1.39. The highest BCUT2D eigenvalue weighted by molar-refractivity contribution is 7.15. The number of aromatic nitrogens is 2. The minimum Gasteiger partial charge on any atom is -0.369 e. The predicted octanol–water partition coefficient (Wildman–Crippen LogP) is 2.80. The fourth-order valence-corrected chi connectivity index (χ4v) is 4.25. The molecule has 9 nitrogen and oxygen atoms in total. The van der Waals surface area contributed by atoms with Gasteiger partial charge in [-0.1, -0.05) is 41.7 Å². The zero-order chi connectivity index (χ0) is 21.6. The lowest BCUT2D eigenvalue weighted by molar-refractivity contribution is -0.384. The summed E-state index contributed by atoms with van der Waals surface area (Å²) in [5.74, 6) is -0.105. The van der Waals surface area contributed by atoms with Crippen molar-refractivity contribution in [3.63, 3.8) is 0 Å². The van der Waals surface area contributed by atoms with Gasteiger partial charge in [0.25, 0.3) is 5.69 Å². The topological polar surface area (TPSA) is 104 Å². The molecule has 0 spiro atoms. The van der Waals surface area contributed by atoms with Gasteiger partial charge in [-0.15, -0.1) is 10.2 Å². The van der Waals surface area contributed by atoms with Crippen molar-refractivity contribution >= 4 is 33.8 Å². The van der Waals surface area contributed by atoms with Crippen LogP contribution in [0.3, 0.4) is 0 Å². The minimum atomic E-state index is -0.400. The molecule has 1 N–H and O–H groups in total. The van der Waals surface area contributed by atoms with Crippen molar-refractivity contribution in [3.05, 3.63) is 75.3 Å². The molecule has 3 aromatic rings. The summed E-state index contributed by atoms with van der Waals surface area (Å²) in [7, 11) is 0. The van der Waals surface area contributed by atoms with Gasteiger partial charge in [0, 0.05) is 50.4 Å². The van der Waals surface area contributed by atoms with Crippen molar-refractivity contribution < 1.29 is 9.72 Å². The third kappa shape index (κ3) is 5.62. The normalized spacial score (nSPS) is 14.4. The van der Waals surface area contributed by atoms with E-state index in [9.17, 15) is 14.9 Å². The molecule has 1 fully saturated rings. The number of carbonyl (C=O) groups is 1. The van der Waals surface area contributed by atoms with Crippen LogP contribution in [0.15, 0.2) is 54.6 Å². The Morgan fingerprint density at radius 2 is 1.74 bits per heavy atom. The quantitative estimate of drug-likeness (QED) is 0.447. The first kappa shape index (κ1) is 20.9. The largest absolute Gasteiger partial charge is 0.369 e. The Balaban J connectivity index is 1.23. The average molecular weight is 439 g/mol. The van der Waals surface area contributed by atoms with E-state index in [4.69, 9.17) is 0 Å². The number of amides is 1. The maximum Gasteiger partial charge on any atom is 0.269 e. The van der Waals surface area contributed by atoms with Crippen molar-refractivity contribution in [2.45, 2.75) is 6.42 Å². The van der Waals surface area contributed by atoms with E-state index in [1.54, 1.807) is 12.1 Å². The van der Waals surface area contributed by atoms with E-state index in [-0.39, 0.29) is 11.6 Å². The van der Waals surface area contributed by atoms with Crippen LogP contribution in [0, 0.1) is 10.1 Å². The third-order valence-corrected chi connectivity index (χ3v) is 5.92. The summed E-state index contributed by atoms with van der Waals surface area (Å²) in [5.41, 5.74) is 2.19. The molecule has 2 aromatic carbocycles. The van der Waals surface area contributed by atoms with Crippen molar-refractivity contribution in [3.8, 4) is 0 Å². The Morgan fingerprint density at radius 1 is 1.03 bits per heavy atom. The molecular weight excluding hydrogens is 416 g/mol. The van der Waals surface area contributed by atoms with Gasteiger partial charge < -0.3 is 4.90 Å². The summed E-state index contributed by atoms with van der Waals surface area (Å²) in [6.07, 6.45) is 0.693. The second-order valence-electron chi connectivity index (χ2n) is 7.25. The maximum atomic E-state index is 12.4. The number of carbonyl (C=O) groups excluding carboxylic acids is 1. The van der Waals surface area contributed by atoms with Crippen LogP contribution in [0.25, 0.3) is 0 Å². The second kappa shape index (κ2) is 9.63. The van der Waals surface area contributed by atoms with Gasteiger partial charge in [-0.25, -0.2) is 0 Å². The highest BCUT2D eigenvalue weighted by atomic mass is 32.1. The van der Waals surface area contributed by atoms with Gasteiger partial charge in [-0.3, -0.25) is 25.1 Å². The van der Waals surface area contributed by atoms with E-state index >= 15 is 0 Å². The first-order valence-corrected chi connectivity index (χ1v) is 10.8. The maximum absolute atomic E-state index is 12.4. The van der Waals surface area contributed by atoms with Gasteiger partial charge in [0.1, 0.15) is 5.01 Å². The predicted molar refractivity (Wildman–Crippen MR) is 120 cm³/mol. The fraction of sp³-hybridized carbons (Fsp3) is 0.286. The van der Waals surface area contributed by atoms with Crippen LogP contribution in [-0.2, 0) is 11.2 Å². The number of hydrogen-bond acceptors (Lipinski definition) is 8. The number of non-ortho nitro benzene ring substituents is 1. The molecule has 31 heavy (non-hydrogen) atoms.